The van der Waals surface area contributed by atoms with Gasteiger partial charge in [-0.15, -0.1) is 0 Å². The predicted octanol–water partition coefficient (Wildman–Crippen LogP) is 2.28. The van der Waals surface area contributed by atoms with Crippen LogP contribution in [0.2, 0.25) is 0 Å². The second-order valence-corrected chi connectivity index (χ2v) is 6.64. The maximum Gasteiger partial charge on any atom is 0.251 e. The fourth-order valence-electron chi connectivity index (χ4n) is 3.02. The summed E-state index contributed by atoms with van der Waals surface area (Å²) in [6.07, 6.45) is 5.61. The number of carbonyl (C=O) groups is 1. The quantitative estimate of drug-likeness (QED) is 0.414. The first-order valence-corrected chi connectivity index (χ1v) is 9.63. The first-order valence-electron chi connectivity index (χ1n) is 9.63. The van der Waals surface area contributed by atoms with Crippen LogP contribution in [-0.2, 0) is 13.0 Å². The van der Waals surface area contributed by atoms with Crippen LogP contribution in [0.1, 0.15) is 21.5 Å². The zero-order valence-corrected chi connectivity index (χ0v) is 17.0. The molecule has 1 aromatic heterocycles. The van der Waals surface area contributed by atoms with Crippen LogP contribution in [-0.4, -0.2) is 42.1 Å². The second-order valence-electron chi connectivity index (χ2n) is 6.64. The molecule has 0 aliphatic heterocycles. The Labute approximate surface area is 175 Å². The molecule has 0 radical (unpaired) electrons. The normalized spacial score (nSPS) is 11.2. The molecule has 0 aliphatic carbocycles. The van der Waals surface area contributed by atoms with E-state index in [1.54, 1.807) is 49.5 Å². The van der Waals surface area contributed by atoms with Crippen molar-refractivity contribution in [1.29, 1.82) is 0 Å². The fourth-order valence-corrected chi connectivity index (χ4v) is 3.02. The van der Waals surface area contributed by atoms with Gasteiger partial charge in [0.2, 0.25) is 0 Å². The van der Waals surface area contributed by atoms with Gasteiger partial charge in [0.15, 0.2) is 5.96 Å². The lowest BCUT2D eigenvalue weighted by molar-refractivity contribution is 0.0963. The van der Waals surface area contributed by atoms with Gasteiger partial charge in [-0.05, 0) is 41.8 Å². The molecule has 0 saturated carbocycles. The Morgan fingerprint density at radius 1 is 1.17 bits per heavy atom. The van der Waals surface area contributed by atoms with E-state index in [1.807, 2.05) is 24.3 Å². The van der Waals surface area contributed by atoms with Gasteiger partial charge in [-0.1, -0.05) is 18.2 Å². The summed E-state index contributed by atoms with van der Waals surface area (Å²) in [5.41, 5.74) is 2.95. The van der Waals surface area contributed by atoms with E-state index in [2.05, 4.69) is 25.9 Å². The number of guanidine groups is 1. The van der Waals surface area contributed by atoms with Crippen molar-refractivity contribution in [2.24, 2.45) is 4.99 Å². The Hall–Kier alpha value is -3.68. The van der Waals surface area contributed by atoms with E-state index >= 15 is 0 Å². The van der Waals surface area contributed by atoms with E-state index in [-0.39, 0.29) is 11.7 Å². The van der Waals surface area contributed by atoms with Crippen LogP contribution in [0.15, 0.2) is 66.2 Å². The summed E-state index contributed by atoms with van der Waals surface area (Å²) in [5, 5.41) is 9.04. The molecule has 0 spiro atoms. The number of aromatic nitrogens is 2. The molecule has 3 N–H and O–H groups in total. The third-order valence-corrected chi connectivity index (χ3v) is 4.60. The van der Waals surface area contributed by atoms with Gasteiger partial charge in [0.1, 0.15) is 5.82 Å². The molecular weight excluding hydrogens is 383 g/mol. The largest absolute Gasteiger partial charge is 0.356 e. The molecule has 0 bridgehead atoms. The highest BCUT2D eigenvalue weighted by atomic mass is 19.1. The Morgan fingerprint density at radius 2 is 2.03 bits per heavy atom. The monoisotopic (exact) mass is 408 g/mol. The van der Waals surface area contributed by atoms with Crippen LogP contribution in [0.3, 0.4) is 0 Å². The molecule has 0 fully saturated rings. The summed E-state index contributed by atoms with van der Waals surface area (Å²) >= 11 is 0. The first-order chi connectivity index (χ1) is 14.6. The van der Waals surface area contributed by atoms with Gasteiger partial charge in [0, 0.05) is 45.1 Å². The highest BCUT2D eigenvalue weighted by Crippen LogP contribution is 2.15. The maximum absolute atomic E-state index is 14.4. The number of aliphatic imine (C=N–C) groups is 1. The number of nitrogens with one attached hydrogen (secondary N) is 3. The number of imidazole rings is 1. The standard InChI is InChI=1S/C22H25FN6O/c1-24-21(30)18-5-3-4-16(12-18)8-9-27-22(25-2)28-14-17-6-7-20(19(23)13-17)29-11-10-26-15-29/h3-7,10-13,15H,8-9,14H2,1-2H3,(H,24,30)(H2,25,27,28). The minimum atomic E-state index is -0.314. The van der Waals surface area contributed by atoms with Crippen LogP contribution in [0.25, 0.3) is 5.69 Å². The Balaban J connectivity index is 1.51. The van der Waals surface area contributed by atoms with Crippen LogP contribution in [0, 0.1) is 5.82 Å². The van der Waals surface area contributed by atoms with Gasteiger partial charge >= 0.3 is 0 Å². The zero-order valence-electron chi connectivity index (χ0n) is 17.0. The molecule has 3 rings (SSSR count). The van der Waals surface area contributed by atoms with Crippen LogP contribution in [0.5, 0.6) is 0 Å². The third kappa shape index (κ3) is 5.44. The molecule has 0 saturated heterocycles. The molecule has 2 aromatic carbocycles. The Morgan fingerprint density at radius 3 is 2.73 bits per heavy atom. The van der Waals surface area contributed by atoms with Crippen LogP contribution < -0.4 is 16.0 Å². The molecule has 1 amide bonds. The average molecular weight is 408 g/mol. The lowest BCUT2D eigenvalue weighted by atomic mass is 10.1. The number of benzene rings is 2. The number of hydrogen-bond acceptors (Lipinski definition) is 3. The summed E-state index contributed by atoms with van der Waals surface area (Å²) in [4.78, 5) is 19.9. The second kappa shape index (κ2) is 10.2. The molecule has 156 valence electrons. The molecule has 3 aromatic rings. The SMILES string of the molecule is CN=C(NCCc1cccc(C(=O)NC)c1)NCc1ccc(-n2ccnc2)c(F)c1. The summed E-state index contributed by atoms with van der Waals surface area (Å²) in [6, 6.07) is 12.6. The summed E-state index contributed by atoms with van der Waals surface area (Å²) in [7, 11) is 3.30. The summed E-state index contributed by atoms with van der Waals surface area (Å²) in [6.45, 7) is 1.08. The van der Waals surface area contributed by atoms with Crippen molar-refractivity contribution in [3.63, 3.8) is 0 Å². The number of amides is 1. The Kier molecular flexibility index (Phi) is 7.15. The van der Waals surface area contributed by atoms with Crippen molar-refractivity contribution in [2.45, 2.75) is 13.0 Å². The third-order valence-electron chi connectivity index (χ3n) is 4.60. The number of rotatable bonds is 7. The van der Waals surface area contributed by atoms with Crippen molar-refractivity contribution in [3.8, 4) is 5.69 Å². The van der Waals surface area contributed by atoms with Crippen molar-refractivity contribution in [1.82, 2.24) is 25.5 Å². The van der Waals surface area contributed by atoms with E-state index < -0.39 is 0 Å². The molecule has 0 atom stereocenters. The molecule has 30 heavy (non-hydrogen) atoms. The summed E-state index contributed by atoms with van der Waals surface area (Å²) in [5.74, 6) is 0.205. The number of carbonyl (C=O) groups excluding carboxylic acids is 1. The predicted molar refractivity (Wildman–Crippen MR) is 115 cm³/mol. The fraction of sp³-hybridized carbons (Fsp3) is 0.227. The van der Waals surface area contributed by atoms with E-state index in [0.717, 1.165) is 17.5 Å². The highest BCUT2D eigenvalue weighted by Gasteiger charge is 2.07. The van der Waals surface area contributed by atoms with Gasteiger partial charge < -0.3 is 20.5 Å². The molecule has 0 unspecified atom stereocenters. The topological polar surface area (TPSA) is 83.3 Å². The number of halogens is 1. The zero-order chi connectivity index (χ0) is 21.3. The maximum atomic E-state index is 14.4. The number of nitrogens with zero attached hydrogens (tertiary/aromatic N) is 3. The van der Waals surface area contributed by atoms with Crippen LogP contribution in [0.4, 0.5) is 4.39 Å². The van der Waals surface area contributed by atoms with Gasteiger partial charge in [0.05, 0.1) is 12.0 Å². The minimum absolute atomic E-state index is 0.103. The molecule has 7 nitrogen and oxygen atoms in total. The van der Waals surface area contributed by atoms with Gasteiger partial charge in [-0.2, -0.15) is 0 Å². The summed E-state index contributed by atoms with van der Waals surface area (Å²) < 4.78 is 16.0. The van der Waals surface area contributed by atoms with Crippen molar-refractivity contribution >= 4 is 11.9 Å². The van der Waals surface area contributed by atoms with E-state index in [4.69, 9.17) is 0 Å². The minimum Gasteiger partial charge on any atom is -0.356 e. The molecule has 8 heteroatoms. The Bertz CT molecular complexity index is 1020. The molecule has 1 heterocycles. The smallest absolute Gasteiger partial charge is 0.251 e. The lowest BCUT2D eigenvalue weighted by Gasteiger charge is -2.13. The first kappa shape index (κ1) is 21.0. The van der Waals surface area contributed by atoms with Gasteiger partial charge in [-0.25, -0.2) is 9.37 Å². The van der Waals surface area contributed by atoms with E-state index in [0.29, 0.717) is 30.3 Å². The number of hydrogen-bond donors (Lipinski definition) is 3. The molecular formula is C22H25FN6O. The highest BCUT2D eigenvalue weighted by molar-refractivity contribution is 5.94. The van der Waals surface area contributed by atoms with E-state index in [1.165, 1.54) is 6.07 Å². The molecule has 0 aliphatic rings. The van der Waals surface area contributed by atoms with Crippen molar-refractivity contribution < 1.29 is 9.18 Å². The van der Waals surface area contributed by atoms with Gasteiger partial charge in [-0.3, -0.25) is 9.79 Å². The van der Waals surface area contributed by atoms with E-state index in [9.17, 15) is 9.18 Å². The van der Waals surface area contributed by atoms with Crippen molar-refractivity contribution in [2.75, 3.05) is 20.6 Å². The van der Waals surface area contributed by atoms with Gasteiger partial charge in [0.25, 0.3) is 5.91 Å². The van der Waals surface area contributed by atoms with Crippen molar-refractivity contribution in [3.05, 3.63) is 83.7 Å². The lowest BCUT2D eigenvalue weighted by Crippen LogP contribution is -2.37. The average Bonchev–Trinajstić information content (AvgIpc) is 3.30. The van der Waals surface area contributed by atoms with Crippen LogP contribution >= 0.6 is 0 Å².